The third-order valence-corrected chi connectivity index (χ3v) is 3.87. The number of amides is 3. The van der Waals surface area contributed by atoms with Crippen molar-refractivity contribution in [1.82, 2.24) is 10.2 Å². The average molecular weight is 362 g/mol. The van der Waals surface area contributed by atoms with Crippen LogP contribution in [0.2, 0.25) is 5.02 Å². The zero-order valence-corrected chi connectivity index (χ0v) is 13.2. The summed E-state index contributed by atoms with van der Waals surface area (Å²) in [4.78, 5) is 24.9. The molecule has 0 aromatic heterocycles. The summed E-state index contributed by atoms with van der Waals surface area (Å²) >= 11 is 5.52. The summed E-state index contributed by atoms with van der Waals surface area (Å²) in [6.45, 7) is 4.20. The summed E-state index contributed by atoms with van der Waals surface area (Å²) in [5.41, 5.74) is -1.05. The Labute approximate surface area is 141 Å². The Morgan fingerprint density at radius 3 is 2.71 bits per heavy atom. The standard InChI is InChI=1S/C15H15ClF3N3O2/c1-2-13(23)22-6-5-10(8-22)21-14(24)20-9-3-4-12(16)11(7-9)15(17,18)19/h2-4,7,10H,1,5-6,8H2,(H2,20,21,24)/t10-/m1/s1. The van der Waals surface area contributed by atoms with Gasteiger partial charge in [-0.3, -0.25) is 4.79 Å². The van der Waals surface area contributed by atoms with Gasteiger partial charge >= 0.3 is 12.2 Å². The van der Waals surface area contributed by atoms with E-state index in [4.69, 9.17) is 11.6 Å². The second-order valence-corrected chi connectivity index (χ2v) is 5.67. The van der Waals surface area contributed by atoms with E-state index in [0.29, 0.717) is 19.5 Å². The van der Waals surface area contributed by atoms with Gasteiger partial charge in [0.2, 0.25) is 5.91 Å². The summed E-state index contributed by atoms with van der Waals surface area (Å²) < 4.78 is 38.4. The molecule has 1 aliphatic rings. The lowest BCUT2D eigenvalue weighted by Gasteiger charge is -2.16. The number of benzene rings is 1. The molecule has 0 saturated carbocycles. The van der Waals surface area contributed by atoms with Crippen molar-refractivity contribution in [2.75, 3.05) is 18.4 Å². The van der Waals surface area contributed by atoms with Crippen LogP contribution in [0.3, 0.4) is 0 Å². The Bertz CT molecular complexity index is 664. The lowest BCUT2D eigenvalue weighted by Crippen LogP contribution is -2.40. The predicted molar refractivity (Wildman–Crippen MR) is 83.8 cm³/mol. The number of alkyl halides is 3. The maximum Gasteiger partial charge on any atom is 0.417 e. The summed E-state index contributed by atoms with van der Waals surface area (Å²) in [7, 11) is 0. The van der Waals surface area contributed by atoms with Crippen molar-refractivity contribution < 1.29 is 22.8 Å². The van der Waals surface area contributed by atoms with Crippen molar-refractivity contribution in [2.45, 2.75) is 18.6 Å². The van der Waals surface area contributed by atoms with E-state index < -0.39 is 22.8 Å². The molecule has 1 fully saturated rings. The van der Waals surface area contributed by atoms with E-state index in [2.05, 4.69) is 17.2 Å². The van der Waals surface area contributed by atoms with Gasteiger partial charge in [0.25, 0.3) is 0 Å². The first-order valence-corrected chi connectivity index (χ1v) is 7.44. The molecule has 2 N–H and O–H groups in total. The Hall–Kier alpha value is -2.22. The molecular weight excluding hydrogens is 347 g/mol. The van der Waals surface area contributed by atoms with Gasteiger partial charge in [-0.05, 0) is 30.7 Å². The van der Waals surface area contributed by atoms with Crippen LogP contribution in [0.15, 0.2) is 30.9 Å². The molecule has 1 aromatic carbocycles. The predicted octanol–water partition coefficient (Wildman–Crippen LogP) is 3.27. The third-order valence-electron chi connectivity index (χ3n) is 3.54. The third kappa shape index (κ3) is 4.41. The van der Waals surface area contributed by atoms with Crippen LogP contribution >= 0.6 is 11.6 Å². The van der Waals surface area contributed by atoms with Gasteiger partial charge in [0.05, 0.1) is 10.6 Å². The summed E-state index contributed by atoms with van der Waals surface area (Å²) in [6, 6.07) is 2.19. The van der Waals surface area contributed by atoms with Gasteiger partial charge in [0.15, 0.2) is 0 Å². The molecule has 1 heterocycles. The number of likely N-dealkylation sites (tertiary alicyclic amines) is 1. The van der Waals surface area contributed by atoms with Gasteiger partial charge in [0, 0.05) is 24.8 Å². The number of nitrogens with zero attached hydrogens (tertiary/aromatic N) is 1. The number of carbonyl (C=O) groups excluding carboxylic acids is 2. The zero-order chi connectivity index (χ0) is 17.9. The van der Waals surface area contributed by atoms with E-state index in [1.807, 2.05) is 0 Å². The molecule has 1 saturated heterocycles. The van der Waals surface area contributed by atoms with Crippen molar-refractivity contribution in [3.05, 3.63) is 41.4 Å². The van der Waals surface area contributed by atoms with E-state index in [1.54, 1.807) is 0 Å². The first-order chi connectivity index (χ1) is 11.2. The number of rotatable bonds is 3. The largest absolute Gasteiger partial charge is 0.417 e. The topological polar surface area (TPSA) is 61.4 Å². The van der Waals surface area contributed by atoms with Crippen LogP contribution in [0.25, 0.3) is 0 Å². The van der Waals surface area contributed by atoms with Gasteiger partial charge in [-0.2, -0.15) is 13.2 Å². The van der Waals surface area contributed by atoms with Crippen LogP contribution in [0.4, 0.5) is 23.7 Å². The quantitative estimate of drug-likeness (QED) is 0.812. The minimum atomic E-state index is -4.61. The van der Waals surface area contributed by atoms with E-state index >= 15 is 0 Å². The monoisotopic (exact) mass is 361 g/mol. The molecule has 0 bridgehead atoms. The Morgan fingerprint density at radius 2 is 2.08 bits per heavy atom. The lowest BCUT2D eigenvalue weighted by atomic mass is 10.2. The Kier molecular flexibility index (Phi) is 5.38. The van der Waals surface area contributed by atoms with Crippen LogP contribution in [0.5, 0.6) is 0 Å². The summed E-state index contributed by atoms with van der Waals surface area (Å²) in [5.74, 6) is -0.229. The van der Waals surface area contributed by atoms with Gasteiger partial charge < -0.3 is 15.5 Å². The minimum Gasteiger partial charge on any atom is -0.337 e. The molecule has 0 spiro atoms. The fourth-order valence-corrected chi connectivity index (χ4v) is 2.60. The Morgan fingerprint density at radius 1 is 1.38 bits per heavy atom. The number of halogens is 4. The van der Waals surface area contributed by atoms with Gasteiger partial charge in [0.1, 0.15) is 0 Å². The molecule has 2 rings (SSSR count). The molecule has 9 heteroatoms. The summed E-state index contributed by atoms with van der Waals surface area (Å²) in [6.07, 6.45) is -2.86. The van der Waals surface area contributed by atoms with E-state index in [-0.39, 0.29) is 17.6 Å². The lowest BCUT2D eigenvalue weighted by molar-refractivity contribution is -0.137. The highest BCUT2D eigenvalue weighted by molar-refractivity contribution is 6.31. The van der Waals surface area contributed by atoms with Crippen molar-refractivity contribution >= 4 is 29.2 Å². The molecule has 1 aliphatic heterocycles. The number of urea groups is 1. The van der Waals surface area contributed by atoms with E-state index in [1.165, 1.54) is 17.0 Å². The first kappa shape index (κ1) is 18.1. The van der Waals surface area contributed by atoms with Crippen LogP contribution in [0.1, 0.15) is 12.0 Å². The normalized spacial score (nSPS) is 17.5. The molecule has 24 heavy (non-hydrogen) atoms. The molecular formula is C15H15ClF3N3O2. The highest BCUT2D eigenvalue weighted by Crippen LogP contribution is 2.36. The molecule has 1 aromatic rings. The maximum atomic E-state index is 12.8. The van der Waals surface area contributed by atoms with Gasteiger partial charge in [-0.25, -0.2) is 4.79 Å². The fourth-order valence-electron chi connectivity index (χ4n) is 2.38. The van der Waals surface area contributed by atoms with Crippen molar-refractivity contribution in [1.29, 1.82) is 0 Å². The molecule has 0 aliphatic carbocycles. The second-order valence-electron chi connectivity index (χ2n) is 5.26. The van der Waals surface area contributed by atoms with Crippen LogP contribution in [-0.2, 0) is 11.0 Å². The number of hydrogen-bond acceptors (Lipinski definition) is 2. The zero-order valence-electron chi connectivity index (χ0n) is 12.5. The second kappa shape index (κ2) is 7.12. The smallest absolute Gasteiger partial charge is 0.337 e. The van der Waals surface area contributed by atoms with E-state index in [0.717, 1.165) is 12.1 Å². The number of hydrogen-bond donors (Lipinski definition) is 2. The fraction of sp³-hybridized carbons (Fsp3) is 0.333. The average Bonchev–Trinajstić information content (AvgIpc) is 2.95. The van der Waals surface area contributed by atoms with Crippen LogP contribution in [0, 0.1) is 0 Å². The molecule has 3 amide bonds. The van der Waals surface area contributed by atoms with Crippen LogP contribution in [-0.4, -0.2) is 36.0 Å². The number of nitrogens with one attached hydrogen (secondary N) is 2. The van der Waals surface area contributed by atoms with Gasteiger partial charge in [-0.15, -0.1) is 0 Å². The number of anilines is 1. The SMILES string of the molecule is C=CC(=O)N1CC[C@@H](NC(=O)Nc2ccc(Cl)c(C(F)(F)F)c2)C1. The molecule has 5 nitrogen and oxygen atoms in total. The minimum absolute atomic E-state index is 0.0266. The maximum absolute atomic E-state index is 12.8. The first-order valence-electron chi connectivity index (χ1n) is 7.06. The molecule has 0 unspecified atom stereocenters. The molecule has 0 radical (unpaired) electrons. The van der Waals surface area contributed by atoms with E-state index in [9.17, 15) is 22.8 Å². The Balaban J connectivity index is 1.96. The van der Waals surface area contributed by atoms with Crippen molar-refractivity contribution in [3.63, 3.8) is 0 Å². The molecule has 1 atom stereocenters. The number of carbonyl (C=O) groups is 2. The van der Waals surface area contributed by atoms with Crippen molar-refractivity contribution in [2.24, 2.45) is 0 Å². The van der Waals surface area contributed by atoms with Gasteiger partial charge in [-0.1, -0.05) is 18.2 Å². The van der Waals surface area contributed by atoms with Crippen molar-refractivity contribution in [3.8, 4) is 0 Å². The summed E-state index contributed by atoms with van der Waals surface area (Å²) in [5, 5.41) is 4.51. The van der Waals surface area contributed by atoms with Crippen LogP contribution < -0.4 is 10.6 Å². The molecule has 130 valence electrons. The highest BCUT2D eigenvalue weighted by atomic mass is 35.5. The highest BCUT2D eigenvalue weighted by Gasteiger charge is 2.33.